The molecule has 1 aliphatic carbocycles. The normalized spacial score (nSPS) is 18.5. The minimum atomic E-state index is -0.106. The van der Waals surface area contributed by atoms with Crippen LogP contribution in [0.15, 0.2) is 23.1 Å². The van der Waals surface area contributed by atoms with Crippen molar-refractivity contribution in [2.75, 3.05) is 0 Å². The molecule has 1 saturated carbocycles. The minimum Gasteiger partial charge on any atom is -0.328 e. The van der Waals surface area contributed by atoms with Crippen LogP contribution in [0.2, 0.25) is 0 Å². The first-order valence-electron chi connectivity index (χ1n) is 6.36. The Morgan fingerprint density at radius 2 is 2.12 bits per heavy atom. The first kappa shape index (κ1) is 12.9. The van der Waals surface area contributed by atoms with Crippen molar-refractivity contribution in [2.45, 2.75) is 55.2 Å². The second kappa shape index (κ2) is 5.87. The van der Waals surface area contributed by atoms with Gasteiger partial charge in [-0.25, -0.2) is 4.39 Å². The SMILES string of the molecule is CC(N)Cc1c(F)cccc1SC1CCCC1. The summed E-state index contributed by atoms with van der Waals surface area (Å²) < 4.78 is 13.8. The van der Waals surface area contributed by atoms with Crippen LogP contribution < -0.4 is 5.73 Å². The van der Waals surface area contributed by atoms with Crippen molar-refractivity contribution >= 4 is 11.8 Å². The largest absolute Gasteiger partial charge is 0.328 e. The molecule has 2 N–H and O–H groups in total. The Bertz CT molecular complexity index is 372. The van der Waals surface area contributed by atoms with Crippen LogP contribution in [0, 0.1) is 5.82 Å². The number of thioether (sulfide) groups is 1. The van der Waals surface area contributed by atoms with E-state index in [9.17, 15) is 4.39 Å². The van der Waals surface area contributed by atoms with E-state index in [4.69, 9.17) is 5.73 Å². The van der Waals surface area contributed by atoms with Crippen LogP contribution in [0.4, 0.5) is 4.39 Å². The number of hydrogen-bond donors (Lipinski definition) is 1. The molecule has 2 rings (SSSR count). The van der Waals surface area contributed by atoms with Gasteiger partial charge in [-0.05, 0) is 38.3 Å². The molecule has 17 heavy (non-hydrogen) atoms. The lowest BCUT2D eigenvalue weighted by atomic mass is 10.1. The monoisotopic (exact) mass is 253 g/mol. The molecule has 1 fully saturated rings. The highest BCUT2D eigenvalue weighted by atomic mass is 32.2. The summed E-state index contributed by atoms with van der Waals surface area (Å²) in [5.74, 6) is -0.106. The van der Waals surface area contributed by atoms with E-state index in [1.54, 1.807) is 6.07 Å². The number of nitrogens with two attached hydrogens (primary N) is 1. The average Bonchev–Trinajstić information content (AvgIpc) is 2.75. The van der Waals surface area contributed by atoms with Gasteiger partial charge >= 0.3 is 0 Å². The van der Waals surface area contributed by atoms with Crippen LogP contribution in [0.3, 0.4) is 0 Å². The highest BCUT2D eigenvalue weighted by Gasteiger charge is 2.19. The molecule has 0 radical (unpaired) electrons. The molecule has 0 aromatic heterocycles. The summed E-state index contributed by atoms with van der Waals surface area (Å²) in [4.78, 5) is 1.09. The molecule has 0 spiro atoms. The van der Waals surface area contributed by atoms with Gasteiger partial charge in [-0.3, -0.25) is 0 Å². The molecular formula is C14H20FNS. The lowest BCUT2D eigenvalue weighted by Gasteiger charge is -2.15. The van der Waals surface area contributed by atoms with Crippen LogP contribution in [0.5, 0.6) is 0 Å². The maximum absolute atomic E-state index is 13.8. The number of benzene rings is 1. The maximum atomic E-state index is 13.8. The fraction of sp³-hybridized carbons (Fsp3) is 0.571. The molecule has 1 atom stereocenters. The van der Waals surface area contributed by atoms with Crippen LogP contribution in [-0.4, -0.2) is 11.3 Å². The maximum Gasteiger partial charge on any atom is 0.127 e. The summed E-state index contributed by atoms with van der Waals surface area (Å²) in [5.41, 5.74) is 6.60. The Morgan fingerprint density at radius 1 is 1.41 bits per heavy atom. The zero-order chi connectivity index (χ0) is 12.3. The van der Waals surface area contributed by atoms with Crippen molar-refractivity contribution in [3.05, 3.63) is 29.6 Å². The van der Waals surface area contributed by atoms with Crippen molar-refractivity contribution in [1.29, 1.82) is 0 Å². The number of halogens is 1. The standard InChI is InChI=1S/C14H20FNS/c1-10(16)9-12-13(15)7-4-8-14(12)17-11-5-2-3-6-11/h4,7-8,10-11H,2-3,5-6,9,16H2,1H3. The van der Waals surface area contributed by atoms with E-state index in [0.29, 0.717) is 11.7 Å². The topological polar surface area (TPSA) is 26.0 Å². The van der Waals surface area contributed by atoms with E-state index in [1.807, 2.05) is 24.8 Å². The Hall–Kier alpha value is -0.540. The number of rotatable bonds is 4. The van der Waals surface area contributed by atoms with Crippen LogP contribution in [-0.2, 0) is 6.42 Å². The van der Waals surface area contributed by atoms with E-state index in [1.165, 1.54) is 31.7 Å². The first-order valence-corrected chi connectivity index (χ1v) is 7.24. The predicted molar refractivity (Wildman–Crippen MR) is 71.9 cm³/mol. The summed E-state index contributed by atoms with van der Waals surface area (Å²) in [5, 5.41) is 0.670. The van der Waals surface area contributed by atoms with Gasteiger partial charge in [0.1, 0.15) is 5.82 Å². The van der Waals surface area contributed by atoms with Gasteiger partial charge in [0.25, 0.3) is 0 Å². The van der Waals surface area contributed by atoms with Gasteiger partial charge in [-0.1, -0.05) is 18.9 Å². The van der Waals surface area contributed by atoms with Crippen molar-refractivity contribution in [2.24, 2.45) is 5.73 Å². The second-order valence-corrected chi connectivity index (χ2v) is 6.26. The summed E-state index contributed by atoms with van der Waals surface area (Å²) in [6.07, 6.45) is 5.78. The first-order chi connectivity index (χ1) is 8.16. The summed E-state index contributed by atoms with van der Waals surface area (Å²) in [7, 11) is 0. The molecule has 1 aliphatic rings. The van der Waals surface area contributed by atoms with Crippen molar-refractivity contribution in [3.63, 3.8) is 0 Å². The molecule has 94 valence electrons. The van der Waals surface area contributed by atoms with Crippen LogP contribution >= 0.6 is 11.8 Å². The summed E-state index contributed by atoms with van der Waals surface area (Å²) >= 11 is 1.84. The van der Waals surface area contributed by atoms with Gasteiger partial charge in [0.2, 0.25) is 0 Å². The smallest absolute Gasteiger partial charge is 0.127 e. The van der Waals surface area contributed by atoms with Gasteiger partial charge in [0, 0.05) is 21.8 Å². The lowest BCUT2D eigenvalue weighted by molar-refractivity contribution is 0.588. The Balaban J connectivity index is 2.16. The fourth-order valence-electron chi connectivity index (χ4n) is 2.36. The van der Waals surface area contributed by atoms with Crippen LogP contribution in [0.1, 0.15) is 38.2 Å². The molecular weight excluding hydrogens is 233 g/mol. The molecule has 0 heterocycles. The van der Waals surface area contributed by atoms with Crippen molar-refractivity contribution in [1.82, 2.24) is 0 Å². The minimum absolute atomic E-state index is 0.00910. The lowest BCUT2D eigenvalue weighted by Crippen LogP contribution is -2.19. The highest BCUT2D eigenvalue weighted by Crippen LogP contribution is 2.37. The van der Waals surface area contributed by atoms with Gasteiger partial charge in [-0.15, -0.1) is 11.8 Å². The molecule has 1 unspecified atom stereocenters. The van der Waals surface area contributed by atoms with Gasteiger partial charge < -0.3 is 5.73 Å². The summed E-state index contributed by atoms with van der Waals surface area (Å²) in [6.45, 7) is 1.93. The van der Waals surface area contributed by atoms with Crippen LogP contribution in [0.25, 0.3) is 0 Å². The molecule has 3 heteroatoms. The van der Waals surface area contributed by atoms with E-state index in [-0.39, 0.29) is 11.9 Å². The molecule has 0 bridgehead atoms. The van der Waals surface area contributed by atoms with E-state index in [0.717, 1.165) is 10.5 Å². The Labute approximate surface area is 107 Å². The molecule has 1 aromatic rings. The zero-order valence-corrected chi connectivity index (χ0v) is 11.1. The Kier molecular flexibility index (Phi) is 4.46. The molecule has 0 amide bonds. The van der Waals surface area contributed by atoms with Crippen molar-refractivity contribution in [3.8, 4) is 0 Å². The fourth-order valence-corrected chi connectivity index (χ4v) is 3.76. The van der Waals surface area contributed by atoms with Gasteiger partial charge in [-0.2, -0.15) is 0 Å². The zero-order valence-electron chi connectivity index (χ0n) is 10.3. The summed E-state index contributed by atoms with van der Waals surface area (Å²) in [6, 6.07) is 5.38. The average molecular weight is 253 g/mol. The highest BCUT2D eigenvalue weighted by molar-refractivity contribution is 8.00. The molecule has 1 aromatic carbocycles. The third-order valence-electron chi connectivity index (χ3n) is 3.20. The molecule has 0 aliphatic heterocycles. The molecule has 0 saturated heterocycles. The van der Waals surface area contributed by atoms with Gasteiger partial charge in [0.05, 0.1) is 0 Å². The Morgan fingerprint density at radius 3 is 2.76 bits per heavy atom. The molecule has 1 nitrogen and oxygen atoms in total. The number of hydrogen-bond acceptors (Lipinski definition) is 2. The van der Waals surface area contributed by atoms with E-state index >= 15 is 0 Å². The predicted octanol–water partition coefficient (Wildman–Crippen LogP) is 3.75. The third kappa shape index (κ3) is 3.46. The second-order valence-electron chi connectivity index (χ2n) is 4.92. The quantitative estimate of drug-likeness (QED) is 0.884. The van der Waals surface area contributed by atoms with Gasteiger partial charge in [0.15, 0.2) is 0 Å². The third-order valence-corrected chi connectivity index (χ3v) is 4.64. The van der Waals surface area contributed by atoms with E-state index in [2.05, 4.69) is 0 Å². The van der Waals surface area contributed by atoms with Crippen molar-refractivity contribution < 1.29 is 4.39 Å². The van der Waals surface area contributed by atoms with E-state index < -0.39 is 0 Å².